The number of ether oxygens (including phenoxy) is 3. The maximum Gasteiger partial charge on any atom is 0.337 e. The van der Waals surface area contributed by atoms with Crippen LogP contribution in [0.2, 0.25) is 0 Å². The van der Waals surface area contributed by atoms with Gasteiger partial charge in [-0.05, 0) is 66.1 Å². The predicted octanol–water partition coefficient (Wildman–Crippen LogP) is 5.96. The van der Waals surface area contributed by atoms with Crippen LogP contribution in [0.25, 0.3) is 0 Å². The summed E-state index contributed by atoms with van der Waals surface area (Å²) < 4.78 is 17.2. The summed E-state index contributed by atoms with van der Waals surface area (Å²) >= 11 is 0. The zero-order valence-corrected chi connectivity index (χ0v) is 23.8. The van der Waals surface area contributed by atoms with Crippen molar-refractivity contribution < 1.29 is 28.9 Å². The van der Waals surface area contributed by atoms with Crippen LogP contribution in [-0.4, -0.2) is 50.4 Å². The number of methoxy groups -OCH3 is 1. The van der Waals surface area contributed by atoms with Crippen molar-refractivity contribution in [2.45, 2.75) is 20.1 Å². The third-order valence-corrected chi connectivity index (χ3v) is 7.35. The highest BCUT2D eigenvalue weighted by Gasteiger charge is 2.24. The molecule has 0 radical (unpaired) electrons. The summed E-state index contributed by atoms with van der Waals surface area (Å²) in [6.45, 7) is 4.90. The molecule has 1 aliphatic heterocycles. The van der Waals surface area contributed by atoms with Crippen molar-refractivity contribution >= 4 is 23.3 Å². The molecule has 8 heteroatoms. The van der Waals surface area contributed by atoms with Crippen LogP contribution in [0.3, 0.4) is 0 Å². The van der Waals surface area contributed by atoms with E-state index in [-0.39, 0.29) is 18.0 Å². The van der Waals surface area contributed by atoms with Crippen LogP contribution < -0.4 is 19.3 Å². The van der Waals surface area contributed by atoms with E-state index in [9.17, 15) is 14.7 Å². The smallest absolute Gasteiger partial charge is 0.337 e. The van der Waals surface area contributed by atoms with E-state index < -0.39 is 5.97 Å². The van der Waals surface area contributed by atoms with E-state index in [0.29, 0.717) is 61.3 Å². The Kier molecular flexibility index (Phi) is 9.04. The SMILES string of the molecule is COc1cc(CN(C(=O)c2ccccc2)c2ccc(N3CCOCC3)c(C(=O)O)c2)ccc1OCc1ccccc1C. The lowest BCUT2D eigenvalue weighted by molar-refractivity contribution is 0.0695. The van der Waals surface area contributed by atoms with Gasteiger partial charge in [0.15, 0.2) is 11.5 Å². The molecule has 216 valence electrons. The molecule has 1 N–H and O–H groups in total. The van der Waals surface area contributed by atoms with Crippen LogP contribution in [0.5, 0.6) is 11.5 Å². The lowest BCUT2D eigenvalue weighted by atomic mass is 10.1. The zero-order valence-electron chi connectivity index (χ0n) is 23.8. The van der Waals surface area contributed by atoms with Gasteiger partial charge in [0.05, 0.1) is 38.1 Å². The molecule has 42 heavy (non-hydrogen) atoms. The van der Waals surface area contributed by atoms with Crippen LogP contribution in [-0.2, 0) is 17.9 Å². The van der Waals surface area contributed by atoms with Gasteiger partial charge in [0, 0.05) is 24.3 Å². The molecule has 4 aromatic carbocycles. The highest BCUT2D eigenvalue weighted by atomic mass is 16.5. The Labute approximate surface area is 245 Å². The van der Waals surface area contributed by atoms with Crippen LogP contribution in [0.4, 0.5) is 11.4 Å². The van der Waals surface area contributed by atoms with Crippen LogP contribution in [0, 0.1) is 6.92 Å². The van der Waals surface area contributed by atoms with Crippen LogP contribution in [0.15, 0.2) is 91.0 Å². The zero-order chi connectivity index (χ0) is 29.5. The number of amides is 1. The largest absolute Gasteiger partial charge is 0.493 e. The number of carbonyl (C=O) groups is 2. The van der Waals surface area contributed by atoms with Crippen molar-refractivity contribution in [3.8, 4) is 11.5 Å². The molecule has 0 unspecified atom stereocenters. The van der Waals surface area contributed by atoms with Gasteiger partial charge in [-0.1, -0.05) is 48.5 Å². The second-order valence-electron chi connectivity index (χ2n) is 10.1. The highest BCUT2D eigenvalue weighted by Crippen LogP contribution is 2.32. The molecule has 0 bridgehead atoms. The second-order valence-corrected chi connectivity index (χ2v) is 10.1. The van der Waals surface area contributed by atoms with Crippen molar-refractivity contribution in [2.24, 2.45) is 0 Å². The number of hydrogen-bond donors (Lipinski definition) is 1. The second kappa shape index (κ2) is 13.2. The number of rotatable bonds is 10. The van der Waals surface area contributed by atoms with Gasteiger partial charge in [-0.25, -0.2) is 4.79 Å². The molecule has 5 rings (SSSR count). The molecule has 0 atom stereocenters. The molecule has 0 spiro atoms. The highest BCUT2D eigenvalue weighted by molar-refractivity contribution is 6.07. The molecule has 0 saturated carbocycles. The minimum absolute atomic E-state index is 0.137. The lowest BCUT2D eigenvalue weighted by Gasteiger charge is -2.31. The maximum atomic E-state index is 13.8. The standard InChI is InChI=1S/C34H34N2O6/c1-24-8-6-7-11-27(24)23-42-31-15-12-25(20-32(31)40-2)22-36(33(37)26-9-4-3-5-10-26)28-13-14-30(29(21-28)34(38)39)35-16-18-41-19-17-35/h3-15,20-21H,16-19,22-23H2,1-2H3,(H,38,39). The molecular formula is C34H34N2O6. The fourth-order valence-electron chi connectivity index (χ4n) is 5.00. The van der Waals surface area contributed by atoms with Gasteiger partial charge < -0.3 is 29.1 Å². The average molecular weight is 567 g/mol. The van der Waals surface area contributed by atoms with Crippen molar-refractivity contribution in [2.75, 3.05) is 43.2 Å². The lowest BCUT2D eigenvalue weighted by Crippen LogP contribution is -2.37. The van der Waals surface area contributed by atoms with Gasteiger partial charge in [0.25, 0.3) is 5.91 Å². The number of carbonyl (C=O) groups excluding carboxylic acids is 1. The van der Waals surface area contributed by atoms with E-state index in [1.54, 1.807) is 54.5 Å². The van der Waals surface area contributed by atoms with Gasteiger partial charge in [0.2, 0.25) is 0 Å². The normalized spacial score (nSPS) is 13.0. The summed E-state index contributed by atoms with van der Waals surface area (Å²) in [5.41, 5.74) is 4.75. The summed E-state index contributed by atoms with van der Waals surface area (Å²) in [7, 11) is 1.58. The van der Waals surface area contributed by atoms with E-state index in [1.807, 2.05) is 60.4 Å². The Morgan fingerprint density at radius 2 is 1.64 bits per heavy atom. The first-order chi connectivity index (χ1) is 20.4. The van der Waals surface area contributed by atoms with Crippen molar-refractivity contribution in [3.05, 3.63) is 119 Å². The third kappa shape index (κ3) is 6.56. The quantitative estimate of drug-likeness (QED) is 0.253. The van der Waals surface area contributed by atoms with Gasteiger partial charge >= 0.3 is 5.97 Å². The predicted molar refractivity (Wildman–Crippen MR) is 162 cm³/mol. The molecule has 8 nitrogen and oxygen atoms in total. The Hall–Kier alpha value is -4.82. The summed E-state index contributed by atoms with van der Waals surface area (Å²) in [6.07, 6.45) is 0. The molecule has 1 heterocycles. The number of nitrogens with zero attached hydrogens (tertiary/aromatic N) is 2. The summed E-state index contributed by atoms with van der Waals surface area (Å²) in [5.74, 6) is -0.164. The Balaban J connectivity index is 1.46. The molecule has 4 aromatic rings. The number of aryl methyl sites for hydroxylation is 1. The van der Waals surface area contributed by atoms with Gasteiger partial charge in [-0.2, -0.15) is 0 Å². The molecular weight excluding hydrogens is 532 g/mol. The minimum atomic E-state index is -1.05. The average Bonchev–Trinajstić information content (AvgIpc) is 3.03. The fraction of sp³-hybridized carbons (Fsp3) is 0.235. The number of benzene rings is 4. The van der Waals surface area contributed by atoms with Gasteiger partial charge in [-0.15, -0.1) is 0 Å². The van der Waals surface area contributed by atoms with Crippen LogP contribution in [0.1, 0.15) is 37.4 Å². The van der Waals surface area contributed by atoms with Gasteiger partial charge in [-0.3, -0.25) is 4.79 Å². The van der Waals surface area contributed by atoms with Gasteiger partial charge in [0.1, 0.15) is 6.61 Å². The van der Waals surface area contributed by atoms with E-state index in [1.165, 1.54) is 0 Å². The minimum Gasteiger partial charge on any atom is -0.493 e. The van der Waals surface area contributed by atoms with Crippen molar-refractivity contribution in [1.82, 2.24) is 0 Å². The molecule has 0 aliphatic carbocycles. The summed E-state index contributed by atoms with van der Waals surface area (Å²) in [6, 6.07) is 27.7. The molecule has 0 aromatic heterocycles. The van der Waals surface area contributed by atoms with Crippen molar-refractivity contribution in [1.29, 1.82) is 0 Å². The number of aromatic carboxylic acids is 1. The molecule has 1 fully saturated rings. The molecule has 1 amide bonds. The third-order valence-electron chi connectivity index (χ3n) is 7.35. The summed E-state index contributed by atoms with van der Waals surface area (Å²) in [4.78, 5) is 29.8. The number of morpholine rings is 1. The first-order valence-corrected chi connectivity index (χ1v) is 13.9. The van der Waals surface area contributed by atoms with E-state index in [4.69, 9.17) is 14.2 Å². The first kappa shape index (κ1) is 28.7. The Morgan fingerprint density at radius 3 is 2.36 bits per heavy atom. The molecule has 1 aliphatic rings. The van der Waals surface area contributed by atoms with E-state index in [2.05, 4.69) is 0 Å². The topological polar surface area (TPSA) is 88.5 Å². The van der Waals surface area contributed by atoms with Crippen LogP contribution >= 0.6 is 0 Å². The maximum absolute atomic E-state index is 13.8. The van der Waals surface area contributed by atoms with Crippen molar-refractivity contribution in [3.63, 3.8) is 0 Å². The van der Waals surface area contributed by atoms with E-state index >= 15 is 0 Å². The Morgan fingerprint density at radius 1 is 0.905 bits per heavy atom. The Bertz CT molecular complexity index is 1550. The summed E-state index contributed by atoms with van der Waals surface area (Å²) in [5, 5.41) is 10.1. The van der Waals surface area contributed by atoms with E-state index in [0.717, 1.165) is 16.7 Å². The number of carboxylic acids is 1. The number of anilines is 2. The first-order valence-electron chi connectivity index (χ1n) is 13.9. The molecule has 1 saturated heterocycles. The fourth-order valence-corrected chi connectivity index (χ4v) is 5.00. The number of carboxylic acid groups (broad SMARTS) is 1. The number of hydrogen-bond acceptors (Lipinski definition) is 6. The monoisotopic (exact) mass is 566 g/mol.